The van der Waals surface area contributed by atoms with E-state index < -0.39 is 10.0 Å². The van der Waals surface area contributed by atoms with Crippen LogP contribution in [0.2, 0.25) is 0 Å². The van der Waals surface area contributed by atoms with E-state index in [4.69, 9.17) is 10.5 Å². The second-order valence-corrected chi connectivity index (χ2v) is 8.73. The van der Waals surface area contributed by atoms with Gasteiger partial charge in [-0.15, -0.1) is 0 Å². The lowest BCUT2D eigenvalue weighted by Gasteiger charge is -2.28. The van der Waals surface area contributed by atoms with Crippen molar-refractivity contribution in [2.75, 3.05) is 37.5 Å². The monoisotopic (exact) mass is 394 g/mol. The van der Waals surface area contributed by atoms with Crippen molar-refractivity contribution in [2.24, 2.45) is 0 Å². The highest BCUT2D eigenvalue weighted by Crippen LogP contribution is 2.31. The van der Waals surface area contributed by atoms with Crippen LogP contribution in [0.25, 0.3) is 0 Å². The van der Waals surface area contributed by atoms with Gasteiger partial charge >= 0.3 is 0 Å². The molecule has 0 radical (unpaired) electrons. The second kappa shape index (κ2) is 7.32. The minimum atomic E-state index is -3.62. The molecule has 2 rings (SSSR count). The molecule has 1 unspecified atom stereocenters. The number of ether oxygens (including phenoxy) is 1. The SMILES string of the molecule is COCCN(C1CCSC1)S(=O)(=O)c1cc(Br)ccc1N. The molecule has 1 fully saturated rings. The minimum absolute atomic E-state index is 0.00790. The Morgan fingerprint density at radius 3 is 2.90 bits per heavy atom. The van der Waals surface area contributed by atoms with Gasteiger partial charge in [0.1, 0.15) is 4.90 Å². The molecule has 0 aliphatic carbocycles. The van der Waals surface area contributed by atoms with Crippen molar-refractivity contribution in [3.05, 3.63) is 22.7 Å². The summed E-state index contributed by atoms with van der Waals surface area (Å²) < 4.78 is 33.2. The van der Waals surface area contributed by atoms with E-state index in [1.807, 2.05) is 0 Å². The van der Waals surface area contributed by atoms with Gasteiger partial charge in [0.2, 0.25) is 10.0 Å². The van der Waals surface area contributed by atoms with Crippen LogP contribution in [0.15, 0.2) is 27.6 Å². The number of nitrogens with zero attached hydrogens (tertiary/aromatic N) is 1. The maximum atomic E-state index is 13.0. The third-order valence-corrected chi connectivity index (χ3v) is 7.04. The summed E-state index contributed by atoms with van der Waals surface area (Å²) in [5.41, 5.74) is 6.15. The Morgan fingerprint density at radius 2 is 2.29 bits per heavy atom. The first-order valence-corrected chi connectivity index (χ1v) is 9.99. The molecule has 5 nitrogen and oxygen atoms in total. The molecule has 1 saturated heterocycles. The summed E-state index contributed by atoms with van der Waals surface area (Å²) in [6, 6.07) is 4.91. The lowest BCUT2D eigenvalue weighted by Crippen LogP contribution is -2.42. The molecule has 0 bridgehead atoms. The molecule has 1 aromatic rings. The van der Waals surface area contributed by atoms with Crippen molar-refractivity contribution in [1.29, 1.82) is 0 Å². The minimum Gasteiger partial charge on any atom is -0.398 e. The number of nitrogen functional groups attached to an aromatic ring is 1. The van der Waals surface area contributed by atoms with Crippen LogP contribution in [0.1, 0.15) is 6.42 Å². The summed E-state index contributed by atoms with van der Waals surface area (Å²) in [5.74, 6) is 1.80. The standard InChI is InChI=1S/C13H19BrN2O3S2/c1-19-6-5-16(11-4-7-20-9-11)21(17,18)13-8-10(14)2-3-12(13)15/h2-3,8,11H,4-7,9,15H2,1H3. The highest BCUT2D eigenvalue weighted by Gasteiger charge is 2.34. The van der Waals surface area contributed by atoms with Crippen molar-refractivity contribution in [2.45, 2.75) is 17.4 Å². The van der Waals surface area contributed by atoms with E-state index in [0.29, 0.717) is 17.6 Å². The lowest BCUT2D eigenvalue weighted by molar-refractivity contribution is 0.169. The van der Waals surface area contributed by atoms with E-state index in [-0.39, 0.29) is 16.6 Å². The average Bonchev–Trinajstić information content (AvgIpc) is 2.95. The van der Waals surface area contributed by atoms with Crippen LogP contribution in [0.4, 0.5) is 5.69 Å². The maximum absolute atomic E-state index is 13.0. The van der Waals surface area contributed by atoms with Gasteiger partial charge in [0.05, 0.1) is 12.3 Å². The smallest absolute Gasteiger partial charge is 0.245 e. The lowest BCUT2D eigenvalue weighted by atomic mass is 10.3. The zero-order valence-corrected chi connectivity index (χ0v) is 15.0. The number of hydrogen-bond donors (Lipinski definition) is 1. The second-order valence-electron chi connectivity index (χ2n) is 4.81. The first-order chi connectivity index (χ1) is 9.96. The summed E-state index contributed by atoms with van der Waals surface area (Å²) in [5, 5.41) is 0. The first kappa shape index (κ1) is 17.1. The van der Waals surface area contributed by atoms with E-state index in [2.05, 4.69) is 15.9 Å². The molecular formula is C13H19BrN2O3S2. The van der Waals surface area contributed by atoms with E-state index >= 15 is 0 Å². The molecule has 0 spiro atoms. The Morgan fingerprint density at radius 1 is 1.52 bits per heavy atom. The van der Waals surface area contributed by atoms with Gasteiger partial charge in [-0.1, -0.05) is 15.9 Å². The molecule has 21 heavy (non-hydrogen) atoms. The number of halogens is 1. The van der Waals surface area contributed by atoms with Crippen LogP contribution in [-0.4, -0.2) is 50.5 Å². The Hall–Kier alpha value is -0.280. The number of hydrogen-bond acceptors (Lipinski definition) is 5. The molecule has 1 aliphatic heterocycles. The third-order valence-electron chi connectivity index (χ3n) is 3.39. The highest BCUT2D eigenvalue weighted by molar-refractivity contribution is 9.10. The van der Waals surface area contributed by atoms with Gasteiger partial charge < -0.3 is 10.5 Å². The summed E-state index contributed by atoms with van der Waals surface area (Å²) in [4.78, 5) is 0.157. The fraction of sp³-hybridized carbons (Fsp3) is 0.538. The van der Waals surface area contributed by atoms with Crippen molar-refractivity contribution >= 4 is 43.4 Å². The van der Waals surface area contributed by atoms with E-state index in [9.17, 15) is 8.42 Å². The van der Waals surface area contributed by atoms with Crippen LogP contribution in [0.5, 0.6) is 0 Å². The molecule has 1 aromatic carbocycles. The molecule has 0 amide bonds. The first-order valence-electron chi connectivity index (χ1n) is 6.60. The van der Waals surface area contributed by atoms with Crippen LogP contribution in [-0.2, 0) is 14.8 Å². The van der Waals surface area contributed by atoms with E-state index in [0.717, 1.165) is 17.9 Å². The normalized spacial score (nSPS) is 19.3. The quantitative estimate of drug-likeness (QED) is 0.748. The summed E-state index contributed by atoms with van der Waals surface area (Å²) >= 11 is 5.08. The molecule has 8 heteroatoms. The summed E-state index contributed by atoms with van der Waals surface area (Å²) in [6.45, 7) is 0.713. The predicted molar refractivity (Wildman–Crippen MR) is 90.1 cm³/mol. The third kappa shape index (κ3) is 3.92. The van der Waals surface area contributed by atoms with Crippen LogP contribution >= 0.6 is 27.7 Å². The number of sulfonamides is 1. The fourth-order valence-electron chi connectivity index (χ4n) is 2.29. The van der Waals surface area contributed by atoms with Crippen LogP contribution in [0, 0.1) is 0 Å². The van der Waals surface area contributed by atoms with E-state index in [1.54, 1.807) is 37.1 Å². The largest absolute Gasteiger partial charge is 0.398 e. The molecular weight excluding hydrogens is 376 g/mol. The van der Waals surface area contributed by atoms with Gasteiger partial charge in [0, 0.05) is 29.9 Å². The van der Waals surface area contributed by atoms with Crippen molar-refractivity contribution < 1.29 is 13.2 Å². The number of anilines is 1. The Balaban J connectivity index is 2.38. The zero-order valence-electron chi connectivity index (χ0n) is 11.8. The number of thioether (sulfide) groups is 1. The van der Waals surface area contributed by atoms with Crippen LogP contribution < -0.4 is 5.73 Å². The van der Waals surface area contributed by atoms with Gasteiger partial charge in [-0.2, -0.15) is 16.1 Å². The van der Waals surface area contributed by atoms with Crippen molar-refractivity contribution in [1.82, 2.24) is 4.31 Å². The fourth-order valence-corrected chi connectivity index (χ4v) is 5.90. The molecule has 0 saturated carbocycles. The number of nitrogens with two attached hydrogens (primary N) is 1. The number of rotatable bonds is 6. The number of methoxy groups -OCH3 is 1. The molecule has 1 atom stereocenters. The highest BCUT2D eigenvalue weighted by atomic mass is 79.9. The van der Waals surface area contributed by atoms with Gasteiger partial charge in [-0.3, -0.25) is 0 Å². The maximum Gasteiger partial charge on any atom is 0.245 e. The predicted octanol–water partition coefficient (Wildman–Crippen LogP) is 2.17. The molecule has 1 aliphatic rings. The van der Waals surface area contributed by atoms with Gasteiger partial charge in [-0.25, -0.2) is 8.42 Å². The summed E-state index contributed by atoms with van der Waals surface area (Å²) in [7, 11) is -2.05. The van der Waals surface area contributed by atoms with E-state index in [1.165, 1.54) is 4.31 Å². The van der Waals surface area contributed by atoms with Gasteiger partial charge in [-0.05, 0) is 30.4 Å². The Bertz CT molecular complexity index is 589. The number of benzene rings is 1. The summed E-state index contributed by atoms with van der Waals surface area (Å²) in [6.07, 6.45) is 0.863. The topological polar surface area (TPSA) is 72.6 Å². The molecule has 118 valence electrons. The molecule has 1 heterocycles. The van der Waals surface area contributed by atoms with Crippen molar-refractivity contribution in [3.63, 3.8) is 0 Å². The average molecular weight is 395 g/mol. The van der Waals surface area contributed by atoms with Crippen LogP contribution in [0.3, 0.4) is 0 Å². The zero-order chi connectivity index (χ0) is 15.5. The van der Waals surface area contributed by atoms with Gasteiger partial charge in [0.25, 0.3) is 0 Å². The Labute approximate surface area is 138 Å². The molecule has 2 N–H and O–H groups in total. The molecule has 0 aromatic heterocycles. The van der Waals surface area contributed by atoms with Crippen molar-refractivity contribution in [3.8, 4) is 0 Å². The Kier molecular flexibility index (Phi) is 5.96. The van der Waals surface area contributed by atoms with Gasteiger partial charge in [0.15, 0.2) is 0 Å².